The first-order valence-corrected chi connectivity index (χ1v) is 7.01. The number of hydrogen-bond acceptors (Lipinski definition) is 3. The Morgan fingerprint density at radius 3 is 2.72 bits per heavy atom. The molecule has 2 rings (SSSR count). The molecule has 0 amide bonds. The van der Waals surface area contributed by atoms with Gasteiger partial charge in [0.1, 0.15) is 0 Å². The number of hydrogen-bond donors (Lipinski definition) is 1. The van der Waals surface area contributed by atoms with Crippen LogP contribution < -0.4 is 10.2 Å². The zero-order valence-electron chi connectivity index (χ0n) is 12.0. The molecule has 1 atom stereocenters. The van der Waals surface area contributed by atoms with Crippen molar-refractivity contribution in [2.24, 2.45) is 0 Å². The predicted octanol–water partition coefficient (Wildman–Crippen LogP) is 3.13. The van der Waals surface area contributed by atoms with Crippen molar-refractivity contribution >= 4 is 5.69 Å². The van der Waals surface area contributed by atoms with E-state index in [1.807, 2.05) is 6.20 Å². The lowest BCUT2D eigenvalue weighted by Crippen LogP contribution is -2.38. The van der Waals surface area contributed by atoms with Crippen molar-refractivity contribution in [1.82, 2.24) is 10.3 Å². The van der Waals surface area contributed by atoms with Crippen LogP contribution in [0.3, 0.4) is 0 Å². The van der Waals surface area contributed by atoms with Gasteiger partial charge in [-0.3, -0.25) is 4.98 Å². The lowest BCUT2D eigenvalue weighted by atomic mass is 10.0. The van der Waals surface area contributed by atoms with E-state index < -0.39 is 0 Å². The van der Waals surface area contributed by atoms with Crippen LogP contribution in [0.25, 0.3) is 0 Å². The normalized spacial score (nSPS) is 20.1. The molecule has 2 heterocycles. The van der Waals surface area contributed by atoms with E-state index in [-0.39, 0.29) is 5.54 Å². The van der Waals surface area contributed by atoms with Gasteiger partial charge in [0.05, 0.1) is 17.6 Å². The highest BCUT2D eigenvalue weighted by molar-refractivity contribution is 5.48. The number of anilines is 1. The summed E-state index contributed by atoms with van der Waals surface area (Å²) in [6.45, 7) is 11.0. The van der Waals surface area contributed by atoms with Crippen LogP contribution in [-0.2, 0) is 0 Å². The molecular weight excluding hydrogens is 222 g/mol. The lowest BCUT2D eigenvalue weighted by Gasteiger charge is -2.33. The second-order valence-electron chi connectivity index (χ2n) is 5.79. The standard InChI is InChI=1S/C15H25N3/c1-5-16-12(2)14-8-7-13(11-17-14)18-10-6-9-15(18,3)4/h7-8,11-12,16H,5-6,9-10H2,1-4H3. The number of pyridine rings is 1. The Morgan fingerprint density at radius 2 is 2.22 bits per heavy atom. The van der Waals surface area contributed by atoms with Crippen LogP contribution in [0.5, 0.6) is 0 Å². The van der Waals surface area contributed by atoms with E-state index in [4.69, 9.17) is 0 Å². The van der Waals surface area contributed by atoms with E-state index in [2.05, 4.69) is 55.0 Å². The average molecular weight is 247 g/mol. The predicted molar refractivity (Wildman–Crippen MR) is 77.0 cm³/mol. The molecule has 100 valence electrons. The van der Waals surface area contributed by atoms with Crippen molar-refractivity contribution in [3.63, 3.8) is 0 Å². The SMILES string of the molecule is CCNC(C)c1ccc(N2CCCC2(C)C)cn1. The van der Waals surface area contributed by atoms with Crippen LogP contribution in [0.2, 0.25) is 0 Å². The van der Waals surface area contributed by atoms with Gasteiger partial charge in [-0.15, -0.1) is 0 Å². The Kier molecular flexibility index (Phi) is 3.91. The van der Waals surface area contributed by atoms with E-state index in [0.29, 0.717) is 6.04 Å². The van der Waals surface area contributed by atoms with Gasteiger partial charge < -0.3 is 10.2 Å². The molecule has 3 nitrogen and oxygen atoms in total. The van der Waals surface area contributed by atoms with Crippen LogP contribution in [0.1, 0.15) is 52.3 Å². The van der Waals surface area contributed by atoms with Gasteiger partial charge >= 0.3 is 0 Å². The molecule has 1 saturated heterocycles. The maximum atomic E-state index is 4.60. The maximum Gasteiger partial charge on any atom is 0.0572 e. The molecule has 1 aliphatic rings. The molecule has 18 heavy (non-hydrogen) atoms. The fourth-order valence-corrected chi connectivity index (χ4v) is 2.81. The summed E-state index contributed by atoms with van der Waals surface area (Å²) < 4.78 is 0. The summed E-state index contributed by atoms with van der Waals surface area (Å²) in [4.78, 5) is 7.08. The van der Waals surface area contributed by atoms with Gasteiger partial charge in [-0.05, 0) is 52.3 Å². The quantitative estimate of drug-likeness (QED) is 0.886. The number of nitrogens with zero attached hydrogens (tertiary/aromatic N) is 2. The Morgan fingerprint density at radius 1 is 1.44 bits per heavy atom. The van der Waals surface area contributed by atoms with Gasteiger partial charge in [-0.1, -0.05) is 6.92 Å². The molecule has 0 radical (unpaired) electrons. The molecule has 1 aliphatic heterocycles. The summed E-state index contributed by atoms with van der Waals surface area (Å²) in [5.74, 6) is 0. The van der Waals surface area contributed by atoms with Crippen molar-refractivity contribution in [3.05, 3.63) is 24.0 Å². The summed E-state index contributed by atoms with van der Waals surface area (Å²) in [6.07, 6.45) is 4.57. The minimum Gasteiger partial charge on any atom is -0.365 e. The molecule has 0 aromatic carbocycles. The highest BCUT2D eigenvalue weighted by atomic mass is 15.2. The molecular formula is C15H25N3. The summed E-state index contributed by atoms with van der Waals surface area (Å²) in [5, 5.41) is 3.39. The van der Waals surface area contributed by atoms with Crippen molar-refractivity contribution in [2.45, 2.75) is 52.1 Å². The van der Waals surface area contributed by atoms with Crippen molar-refractivity contribution in [2.75, 3.05) is 18.0 Å². The molecule has 1 aromatic heterocycles. The van der Waals surface area contributed by atoms with Crippen molar-refractivity contribution in [1.29, 1.82) is 0 Å². The minimum absolute atomic E-state index is 0.274. The Labute approximate surface area is 111 Å². The second kappa shape index (κ2) is 5.27. The van der Waals surface area contributed by atoms with Gasteiger partial charge in [0.15, 0.2) is 0 Å². The molecule has 1 fully saturated rings. The van der Waals surface area contributed by atoms with E-state index in [1.165, 1.54) is 18.5 Å². The van der Waals surface area contributed by atoms with Gasteiger partial charge in [-0.25, -0.2) is 0 Å². The number of rotatable bonds is 4. The topological polar surface area (TPSA) is 28.2 Å². The molecule has 0 aliphatic carbocycles. The lowest BCUT2D eigenvalue weighted by molar-refractivity contribution is 0.517. The van der Waals surface area contributed by atoms with Gasteiger partial charge in [0.2, 0.25) is 0 Å². The first kappa shape index (κ1) is 13.3. The molecule has 0 spiro atoms. The molecule has 1 aromatic rings. The zero-order chi connectivity index (χ0) is 13.2. The monoisotopic (exact) mass is 247 g/mol. The summed E-state index contributed by atoms with van der Waals surface area (Å²) in [6, 6.07) is 4.69. The molecule has 0 bridgehead atoms. The van der Waals surface area contributed by atoms with Gasteiger partial charge in [-0.2, -0.15) is 0 Å². The Bertz CT molecular complexity index is 383. The molecule has 3 heteroatoms. The molecule has 1 unspecified atom stereocenters. The average Bonchev–Trinajstić information content (AvgIpc) is 2.69. The minimum atomic E-state index is 0.274. The maximum absolute atomic E-state index is 4.60. The fraction of sp³-hybridized carbons (Fsp3) is 0.667. The zero-order valence-corrected chi connectivity index (χ0v) is 12.0. The highest BCUT2D eigenvalue weighted by Crippen LogP contribution is 2.33. The van der Waals surface area contributed by atoms with Gasteiger partial charge in [0, 0.05) is 18.1 Å². The summed E-state index contributed by atoms with van der Waals surface area (Å²) in [5.41, 5.74) is 2.65. The third-order valence-electron chi connectivity index (χ3n) is 3.94. The van der Waals surface area contributed by atoms with E-state index in [9.17, 15) is 0 Å². The Hall–Kier alpha value is -1.09. The Balaban J connectivity index is 2.12. The first-order chi connectivity index (χ1) is 8.54. The molecule has 0 saturated carbocycles. The summed E-state index contributed by atoms with van der Waals surface area (Å²) >= 11 is 0. The van der Waals surface area contributed by atoms with Crippen LogP contribution in [0.4, 0.5) is 5.69 Å². The van der Waals surface area contributed by atoms with Crippen LogP contribution in [-0.4, -0.2) is 23.6 Å². The van der Waals surface area contributed by atoms with Gasteiger partial charge in [0.25, 0.3) is 0 Å². The third-order valence-corrected chi connectivity index (χ3v) is 3.94. The third kappa shape index (κ3) is 2.66. The highest BCUT2D eigenvalue weighted by Gasteiger charge is 2.31. The van der Waals surface area contributed by atoms with E-state index in [1.54, 1.807) is 0 Å². The van der Waals surface area contributed by atoms with Crippen LogP contribution in [0.15, 0.2) is 18.3 Å². The largest absolute Gasteiger partial charge is 0.365 e. The van der Waals surface area contributed by atoms with Crippen LogP contribution >= 0.6 is 0 Å². The summed E-state index contributed by atoms with van der Waals surface area (Å²) in [7, 11) is 0. The second-order valence-corrected chi connectivity index (χ2v) is 5.79. The van der Waals surface area contributed by atoms with Crippen LogP contribution in [0, 0.1) is 0 Å². The molecule has 1 N–H and O–H groups in total. The van der Waals surface area contributed by atoms with E-state index in [0.717, 1.165) is 18.8 Å². The number of nitrogens with one attached hydrogen (secondary N) is 1. The fourth-order valence-electron chi connectivity index (χ4n) is 2.81. The first-order valence-electron chi connectivity index (χ1n) is 7.01. The number of aromatic nitrogens is 1. The van der Waals surface area contributed by atoms with Crippen molar-refractivity contribution < 1.29 is 0 Å². The van der Waals surface area contributed by atoms with E-state index >= 15 is 0 Å². The smallest absolute Gasteiger partial charge is 0.0572 e. The van der Waals surface area contributed by atoms with Crippen molar-refractivity contribution in [3.8, 4) is 0 Å².